The monoisotopic (exact) mass is 242 g/mol. The van der Waals surface area contributed by atoms with Crippen molar-refractivity contribution in [3.63, 3.8) is 0 Å². The number of allylic oxidation sites excluding steroid dienone is 3. The lowest BCUT2D eigenvalue weighted by Gasteiger charge is -2.25. The Morgan fingerprint density at radius 1 is 1.38 bits per heavy atom. The van der Waals surface area contributed by atoms with Crippen LogP contribution in [0, 0.1) is 11.8 Å². The van der Waals surface area contributed by atoms with Crippen molar-refractivity contribution in [2.75, 3.05) is 6.26 Å². The highest BCUT2D eigenvalue weighted by atomic mass is 32.2. The number of sulfone groups is 1. The molecule has 2 nitrogen and oxygen atoms in total. The zero-order valence-electron chi connectivity index (χ0n) is 10.7. The maximum atomic E-state index is 11.5. The van der Waals surface area contributed by atoms with Crippen molar-refractivity contribution in [1.29, 1.82) is 0 Å². The van der Waals surface area contributed by atoms with E-state index in [2.05, 4.69) is 20.8 Å². The minimum Gasteiger partial charge on any atom is -0.224 e. The van der Waals surface area contributed by atoms with Crippen LogP contribution in [0.25, 0.3) is 0 Å². The van der Waals surface area contributed by atoms with Crippen molar-refractivity contribution >= 4 is 9.84 Å². The molecule has 0 aromatic heterocycles. The second-order valence-electron chi connectivity index (χ2n) is 4.90. The molecule has 1 unspecified atom stereocenters. The standard InChI is InChI=1S/C13H22O2S/c1-5-13(10(2)3)11-7-6-8-12(9-11)16(4,14)15/h8-10,13H,5-7H2,1-4H3. The molecule has 1 atom stereocenters. The van der Waals surface area contributed by atoms with E-state index in [1.807, 2.05) is 12.2 Å². The highest BCUT2D eigenvalue weighted by Crippen LogP contribution is 2.32. The van der Waals surface area contributed by atoms with Gasteiger partial charge in [0.15, 0.2) is 9.84 Å². The Balaban J connectivity index is 3.00. The van der Waals surface area contributed by atoms with Crippen molar-refractivity contribution in [3.05, 3.63) is 22.6 Å². The molecule has 0 aromatic rings. The Kier molecular flexibility index (Phi) is 4.36. The van der Waals surface area contributed by atoms with Crippen molar-refractivity contribution in [3.8, 4) is 0 Å². The van der Waals surface area contributed by atoms with Crippen LogP contribution in [-0.4, -0.2) is 14.7 Å². The van der Waals surface area contributed by atoms with Gasteiger partial charge < -0.3 is 0 Å². The largest absolute Gasteiger partial charge is 0.224 e. The van der Waals surface area contributed by atoms with Gasteiger partial charge in [-0.2, -0.15) is 0 Å². The summed E-state index contributed by atoms with van der Waals surface area (Å²) in [5, 5.41) is 0. The van der Waals surface area contributed by atoms with Gasteiger partial charge in [-0.3, -0.25) is 0 Å². The van der Waals surface area contributed by atoms with Crippen LogP contribution in [0.2, 0.25) is 0 Å². The SMILES string of the molecule is CCC(C1=CC(S(C)(=O)=O)=CCC1)C(C)C. The van der Waals surface area contributed by atoms with E-state index in [0.29, 0.717) is 16.7 Å². The third kappa shape index (κ3) is 3.21. The molecule has 1 rings (SSSR count). The first-order chi connectivity index (χ1) is 7.36. The molecular formula is C13H22O2S. The average molecular weight is 242 g/mol. The van der Waals surface area contributed by atoms with Gasteiger partial charge in [-0.05, 0) is 37.2 Å². The Labute approximate surface area is 99.4 Å². The third-order valence-electron chi connectivity index (χ3n) is 3.26. The van der Waals surface area contributed by atoms with Crippen molar-refractivity contribution in [2.45, 2.75) is 40.0 Å². The average Bonchev–Trinajstić information content (AvgIpc) is 2.17. The minimum absolute atomic E-state index is 0.507. The molecule has 0 aromatic carbocycles. The van der Waals surface area contributed by atoms with Crippen molar-refractivity contribution in [2.24, 2.45) is 11.8 Å². The molecule has 0 fully saturated rings. The lowest BCUT2D eigenvalue weighted by molar-refractivity contribution is 0.418. The summed E-state index contributed by atoms with van der Waals surface area (Å²) in [6.07, 6.45) is 7.97. The lowest BCUT2D eigenvalue weighted by atomic mass is 9.82. The van der Waals surface area contributed by atoms with Crippen LogP contribution in [0.3, 0.4) is 0 Å². The number of hydrogen-bond acceptors (Lipinski definition) is 2. The Morgan fingerprint density at radius 3 is 2.44 bits per heavy atom. The molecule has 16 heavy (non-hydrogen) atoms. The minimum atomic E-state index is -3.04. The summed E-state index contributed by atoms with van der Waals surface area (Å²) in [7, 11) is -3.04. The predicted molar refractivity (Wildman–Crippen MR) is 68.9 cm³/mol. The summed E-state index contributed by atoms with van der Waals surface area (Å²) >= 11 is 0. The summed E-state index contributed by atoms with van der Waals surface area (Å²) < 4.78 is 23.0. The molecule has 1 aliphatic carbocycles. The van der Waals surface area contributed by atoms with Gasteiger partial charge in [-0.1, -0.05) is 32.4 Å². The van der Waals surface area contributed by atoms with Crippen molar-refractivity contribution in [1.82, 2.24) is 0 Å². The van der Waals surface area contributed by atoms with Gasteiger partial charge in [0.05, 0.1) is 4.91 Å². The molecule has 0 N–H and O–H groups in total. The summed E-state index contributed by atoms with van der Waals surface area (Å²) in [6.45, 7) is 6.57. The van der Waals surface area contributed by atoms with Crippen LogP contribution in [0.5, 0.6) is 0 Å². The molecule has 3 heteroatoms. The Hall–Kier alpha value is -0.570. The first-order valence-electron chi connectivity index (χ1n) is 5.97. The summed E-state index contributed by atoms with van der Waals surface area (Å²) in [5.41, 5.74) is 1.31. The van der Waals surface area contributed by atoms with E-state index in [1.54, 1.807) is 0 Å². The van der Waals surface area contributed by atoms with E-state index >= 15 is 0 Å². The predicted octanol–water partition coefficient (Wildman–Crippen LogP) is 3.32. The smallest absolute Gasteiger partial charge is 0.175 e. The Bertz CT molecular complexity index is 400. The lowest BCUT2D eigenvalue weighted by Crippen LogP contribution is -2.14. The van der Waals surface area contributed by atoms with Crippen LogP contribution in [0.15, 0.2) is 22.6 Å². The topological polar surface area (TPSA) is 34.1 Å². The fraction of sp³-hybridized carbons (Fsp3) is 0.692. The molecule has 0 bridgehead atoms. The maximum Gasteiger partial charge on any atom is 0.175 e. The zero-order chi connectivity index (χ0) is 12.3. The fourth-order valence-electron chi connectivity index (χ4n) is 2.41. The summed E-state index contributed by atoms with van der Waals surface area (Å²) in [5.74, 6) is 1.10. The van der Waals surface area contributed by atoms with Gasteiger partial charge in [0, 0.05) is 6.26 Å². The van der Waals surface area contributed by atoms with E-state index < -0.39 is 9.84 Å². The van der Waals surface area contributed by atoms with E-state index in [9.17, 15) is 8.42 Å². The molecule has 1 aliphatic rings. The number of rotatable bonds is 4. The van der Waals surface area contributed by atoms with Gasteiger partial charge in [0.1, 0.15) is 0 Å². The zero-order valence-corrected chi connectivity index (χ0v) is 11.5. The van der Waals surface area contributed by atoms with Gasteiger partial charge in [-0.25, -0.2) is 8.42 Å². The van der Waals surface area contributed by atoms with Crippen LogP contribution in [-0.2, 0) is 9.84 Å². The van der Waals surface area contributed by atoms with Crippen LogP contribution in [0.1, 0.15) is 40.0 Å². The van der Waals surface area contributed by atoms with Gasteiger partial charge in [0.25, 0.3) is 0 Å². The first-order valence-corrected chi connectivity index (χ1v) is 7.86. The molecule has 0 radical (unpaired) electrons. The molecule has 0 aliphatic heterocycles. The first kappa shape index (κ1) is 13.5. The van der Waals surface area contributed by atoms with Crippen LogP contribution < -0.4 is 0 Å². The van der Waals surface area contributed by atoms with E-state index in [1.165, 1.54) is 11.8 Å². The van der Waals surface area contributed by atoms with Crippen LogP contribution in [0.4, 0.5) is 0 Å². The molecule has 0 spiro atoms. The molecule has 0 heterocycles. The van der Waals surface area contributed by atoms with Gasteiger partial charge in [0.2, 0.25) is 0 Å². The quantitative estimate of drug-likeness (QED) is 0.758. The fourth-order valence-corrected chi connectivity index (χ4v) is 3.19. The second kappa shape index (κ2) is 5.17. The highest BCUT2D eigenvalue weighted by molar-refractivity contribution is 7.94. The van der Waals surface area contributed by atoms with E-state index in [-0.39, 0.29) is 0 Å². The van der Waals surface area contributed by atoms with Crippen LogP contribution >= 0.6 is 0 Å². The Morgan fingerprint density at radius 2 is 2.00 bits per heavy atom. The highest BCUT2D eigenvalue weighted by Gasteiger charge is 2.20. The van der Waals surface area contributed by atoms with Gasteiger partial charge >= 0.3 is 0 Å². The molecule has 92 valence electrons. The second-order valence-corrected chi connectivity index (χ2v) is 6.91. The summed E-state index contributed by atoms with van der Waals surface area (Å²) in [4.78, 5) is 0.507. The molecule has 0 saturated carbocycles. The van der Waals surface area contributed by atoms with Gasteiger partial charge in [-0.15, -0.1) is 0 Å². The molecular weight excluding hydrogens is 220 g/mol. The molecule has 0 saturated heterocycles. The third-order valence-corrected chi connectivity index (χ3v) is 4.40. The summed E-state index contributed by atoms with van der Waals surface area (Å²) in [6, 6.07) is 0. The normalized spacial score (nSPS) is 19.3. The van der Waals surface area contributed by atoms with E-state index in [4.69, 9.17) is 0 Å². The maximum absolute atomic E-state index is 11.5. The molecule has 0 amide bonds. The number of hydrogen-bond donors (Lipinski definition) is 0. The van der Waals surface area contributed by atoms with Crippen molar-refractivity contribution < 1.29 is 8.42 Å². The van der Waals surface area contributed by atoms with E-state index in [0.717, 1.165) is 19.3 Å².